The van der Waals surface area contributed by atoms with E-state index >= 15 is 0 Å². The molecule has 4 nitrogen and oxygen atoms in total. The molecule has 1 aromatic carbocycles. The molecule has 0 unspecified atom stereocenters. The zero-order valence-electron chi connectivity index (χ0n) is 13.2. The Morgan fingerprint density at radius 2 is 1.71 bits per heavy atom. The fourth-order valence-electron chi connectivity index (χ4n) is 2.56. The number of hydrogen-bond acceptors (Lipinski definition) is 4. The summed E-state index contributed by atoms with van der Waals surface area (Å²) in [4.78, 5) is 9.26. The van der Waals surface area contributed by atoms with Gasteiger partial charge in [0.1, 0.15) is 11.4 Å². The van der Waals surface area contributed by atoms with Crippen LogP contribution in [0.2, 0.25) is 0 Å². The Bertz CT molecular complexity index is 599. The van der Waals surface area contributed by atoms with Crippen LogP contribution in [0.15, 0.2) is 30.3 Å². The largest absolute Gasteiger partial charge is 0.383 e. The second-order valence-corrected chi connectivity index (χ2v) is 5.18. The van der Waals surface area contributed by atoms with E-state index in [0.29, 0.717) is 11.6 Å². The Kier molecular flexibility index (Phi) is 4.58. The van der Waals surface area contributed by atoms with Gasteiger partial charge in [-0.2, -0.15) is 0 Å². The van der Waals surface area contributed by atoms with Gasteiger partial charge in [-0.15, -0.1) is 0 Å². The topological polar surface area (TPSA) is 61.0 Å². The van der Waals surface area contributed by atoms with E-state index in [4.69, 9.17) is 15.5 Å². The summed E-state index contributed by atoms with van der Waals surface area (Å²) in [6, 6.07) is 10.0. The SMILES string of the molecule is CCC(CC)(OC)c1nc(N)c(C)c(-c2ccccc2)n1. The Hall–Kier alpha value is -1.94. The molecule has 0 radical (unpaired) electrons. The van der Waals surface area contributed by atoms with Crippen LogP contribution in [-0.4, -0.2) is 17.1 Å². The van der Waals surface area contributed by atoms with Crippen molar-refractivity contribution in [3.63, 3.8) is 0 Å². The second kappa shape index (κ2) is 6.22. The average molecular weight is 285 g/mol. The molecule has 0 bridgehead atoms. The third kappa shape index (κ3) is 2.76. The fourth-order valence-corrected chi connectivity index (χ4v) is 2.56. The summed E-state index contributed by atoms with van der Waals surface area (Å²) in [6.07, 6.45) is 1.60. The smallest absolute Gasteiger partial charge is 0.163 e. The van der Waals surface area contributed by atoms with Crippen LogP contribution in [0.1, 0.15) is 38.1 Å². The summed E-state index contributed by atoms with van der Waals surface area (Å²) in [6.45, 7) is 6.11. The molecule has 1 heterocycles. The van der Waals surface area contributed by atoms with Gasteiger partial charge in [0.25, 0.3) is 0 Å². The minimum Gasteiger partial charge on any atom is -0.383 e. The molecule has 0 aliphatic rings. The number of nitrogens with zero attached hydrogens (tertiary/aromatic N) is 2. The summed E-state index contributed by atoms with van der Waals surface area (Å²) in [5, 5.41) is 0. The lowest BCUT2D eigenvalue weighted by atomic mass is 9.95. The third-order valence-electron chi connectivity index (χ3n) is 4.17. The first kappa shape index (κ1) is 15.4. The van der Waals surface area contributed by atoms with Gasteiger partial charge in [-0.05, 0) is 19.8 Å². The Morgan fingerprint density at radius 1 is 1.10 bits per heavy atom. The molecule has 0 aliphatic carbocycles. The van der Waals surface area contributed by atoms with Crippen LogP contribution in [0.25, 0.3) is 11.3 Å². The van der Waals surface area contributed by atoms with E-state index in [1.807, 2.05) is 37.3 Å². The maximum Gasteiger partial charge on any atom is 0.163 e. The minimum absolute atomic E-state index is 0.481. The van der Waals surface area contributed by atoms with E-state index in [9.17, 15) is 0 Å². The van der Waals surface area contributed by atoms with Gasteiger partial charge in [0.2, 0.25) is 0 Å². The van der Waals surface area contributed by atoms with Crippen molar-refractivity contribution < 1.29 is 4.74 Å². The molecule has 0 aliphatic heterocycles. The molecular weight excluding hydrogens is 262 g/mol. The predicted molar refractivity (Wildman–Crippen MR) is 85.9 cm³/mol. The number of nitrogens with two attached hydrogens (primary N) is 1. The van der Waals surface area contributed by atoms with Crippen molar-refractivity contribution in [2.75, 3.05) is 12.8 Å². The first-order valence-corrected chi connectivity index (χ1v) is 7.33. The molecule has 0 amide bonds. The maximum atomic E-state index is 6.11. The molecule has 2 N–H and O–H groups in total. The van der Waals surface area contributed by atoms with E-state index in [2.05, 4.69) is 18.8 Å². The van der Waals surface area contributed by atoms with E-state index < -0.39 is 5.60 Å². The number of ether oxygens (including phenoxy) is 1. The van der Waals surface area contributed by atoms with Crippen LogP contribution in [0, 0.1) is 6.92 Å². The molecule has 0 saturated carbocycles. The van der Waals surface area contributed by atoms with Gasteiger partial charge < -0.3 is 10.5 Å². The van der Waals surface area contributed by atoms with Crippen LogP contribution >= 0.6 is 0 Å². The molecule has 2 rings (SSSR count). The first-order valence-electron chi connectivity index (χ1n) is 7.33. The highest BCUT2D eigenvalue weighted by Gasteiger charge is 2.32. The van der Waals surface area contributed by atoms with Crippen molar-refractivity contribution in [2.24, 2.45) is 0 Å². The molecule has 0 saturated heterocycles. The summed E-state index contributed by atoms with van der Waals surface area (Å²) >= 11 is 0. The summed E-state index contributed by atoms with van der Waals surface area (Å²) in [5.41, 5.74) is 8.46. The van der Waals surface area contributed by atoms with Crippen LogP contribution in [0.4, 0.5) is 5.82 Å². The molecule has 2 aromatic rings. The quantitative estimate of drug-likeness (QED) is 0.910. The van der Waals surface area contributed by atoms with Crippen molar-refractivity contribution in [3.8, 4) is 11.3 Å². The number of hydrogen-bond donors (Lipinski definition) is 1. The molecule has 0 spiro atoms. The monoisotopic (exact) mass is 285 g/mol. The standard InChI is InChI=1S/C17H23N3O/c1-5-17(6-2,21-4)16-19-14(12(3)15(18)20-16)13-10-8-7-9-11-13/h7-11H,5-6H2,1-4H3,(H2,18,19,20). The average Bonchev–Trinajstić information content (AvgIpc) is 2.53. The van der Waals surface area contributed by atoms with Crippen molar-refractivity contribution in [3.05, 3.63) is 41.7 Å². The summed E-state index contributed by atoms with van der Waals surface area (Å²) in [7, 11) is 1.70. The lowest BCUT2D eigenvalue weighted by molar-refractivity contribution is -0.0289. The number of methoxy groups -OCH3 is 1. The lowest BCUT2D eigenvalue weighted by Gasteiger charge is -2.29. The van der Waals surface area contributed by atoms with E-state index in [1.54, 1.807) is 7.11 Å². The highest BCUT2D eigenvalue weighted by atomic mass is 16.5. The molecule has 0 fully saturated rings. The predicted octanol–water partition coefficient (Wildman–Crippen LogP) is 3.70. The highest BCUT2D eigenvalue weighted by molar-refractivity contribution is 5.67. The molecular formula is C17H23N3O. The fraction of sp³-hybridized carbons (Fsp3) is 0.412. The zero-order valence-corrected chi connectivity index (χ0v) is 13.2. The molecule has 21 heavy (non-hydrogen) atoms. The van der Waals surface area contributed by atoms with Crippen LogP contribution in [0.3, 0.4) is 0 Å². The van der Waals surface area contributed by atoms with Crippen molar-refractivity contribution in [2.45, 2.75) is 39.2 Å². The number of aromatic nitrogens is 2. The lowest BCUT2D eigenvalue weighted by Crippen LogP contribution is -2.30. The number of rotatable bonds is 5. The minimum atomic E-state index is -0.481. The van der Waals surface area contributed by atoms with Gasteiger partial charge in [0.05, 0.1) is 5.69 Å². The maximum absolute atomic E-state index is 6.11. The third-order valence-corrected chi connectivity index (χ3v) is 4.17. The number of benzene rings is 1. The normalized spacial score (nSPS) is 11.6. The molecule has 112 valence electrons. The second-order valence-electron chi connectivity index (χ2n) is 5.18. The summed E-state index contributed by atoms with van der Waals surface area (Å²) in [5.74, 6) is 1.18. The Balaban J connectivity index is 2.64. The van der Waals surface area contributed by atoms with Gasteiger partial charge in [0.15, 0.2) is 5.82 Å². The van der Waals surface area contributed by atoms with E-state index in [-0.39, 0.29) is 0 Å². The van der Waals surface area contributed by atoms with Crippen molar-refractivity contribution in [1.29, 1.82) is 0 Å². The zero-order chi connectivity index (χ0) is 15.5. The molecule has 0 atom stereocenters. The number of anilines is 1. The van der Waals surface area contributed by atoms with Gasteiger partial charge in [-0.1, -0.05) is 44.2 Å². The number of nitrogen functional groups attached to an aromatic ring is 1. The van der Waals surface area contributed by atoms with Crippen LogP contribution in [-0.2, 0) is 10.3 Å². The molecule has 4 heteroatoms. The van der Waals surface area contributed by atoms with Crippen molar-refractivity contribution in [1.82, 2.24) is 9.97 Å². The van der Waals surface area contributed by atoms with Crippen LogP contribution < -0.4 is 5.73 Å². The van der Waals surface area contributed by atoms with Gasteiger partial charge >= 0.3 is 0 Å². The van der Waals surface area contributed by atoms with Crippen LogP contribution in [0.5, 0.6) is 0 Å². The highest BCUT2D eigenvalue weighted by Crippen LogP contribution is 2.33. The van der Waals surface area contributed by atoms with Gasteiger partial charge in [0, 0.05) is 18.2 Å². The Morgan fingerprint density at radius 3 is 2.24 bits per heavy atom. The summed E-state index contributed by atoms with van der Waals surface area (Å²) < 4.78 is 5.73. The van der Waals surface area contributed by atoms with Crippen molar-refractivity contribution >= 4 is 5.82 Å². The van der Waals surface area contributed by atoms with Gasteiger partial charge in [-0.3, -0.25) is 0 Å². The van der Waals surface area contributed by atoms with E-state index in [0.717, 1.165) is 29.7 Å². The van der Waals surface area contributed by atoms with E-state index in [1.165, 1.54) is 0 Å². The Labute approximate surface area is 126 Å². The first-order chi connectivity index (χ1) is 10.1. The van der Waals surface area contributed by atoms with Gasteiger partial charge in [-0.25, -0.2) is 9.97 Å². The molecule has 1 aromatic heterocycles.